The van der Waals surface area contributed by atoms with E-state index in [9.17, 15) is 13.2 Å². The number of hydrogen-bond acceptors (Lipinski definition) is 3. The first-order valence-corrected chi connectivity index (χ1v) is 11.8. The van der Waals surface area contributed by atoms with Gasteiger partial charge < -0.3 is 5.32 Å². The van der Waals surface area contributed by atoms with E-state index in [1.165, 1.54) is 16.4 Å². The van der Waals surface area contributed by atoms with Gasteiger partial charge in [-0.1, -0.05) is 76.6 Å². The van der Waals surface area contributed by atoms with Crippen LogP contribution in [0.2, 0.25) is 0 Å². The lowest BCUT2D eigenvalue weighted by atomic mass is 10.1. The van der Waals surface area contributed by atoms with E-state index in [0.717, 1.165) is 15.6 Å². The lowest BCUT2D eigenvalue weighted by molar-refractivity contribution is -0.121. The molecule has 3 aromatic carbocycles. The van der Waals surface area contributed by atoms with Crippen LogP contribution in [0.5, 0.6) is 0 Å². The third kappa shape index (κ3) is 6.26. The third-order valence-corrected chi connectivity index (χ3v) is 6.89. The molecule has 1 amide bonds. The summed E-state index contributed by atoms with van der Waals surface area (Å²) in [4.78, 5) is 12.7. The van der Waals surface area contributed by atoms with Crippen molar-refractivity contribution in [2.45, 2.75) is 17.9 Å². The van der Waals surface area contributed by atoms with E-state index in [2.05, 4.69) is 21.2 Å². The average molecular weight is 487 g/mol. The zero-order valence-corrected chi connectivity index (χ0v) is 18.8. The summed E-state index contributed by atoms with van der Waals surface area (Å²) in [5.41, 5.74) is 1.91. The van der Waals surface area contributed by atoms with Crippen molar-refractivity contribution in [2.24, 2.45) is 0 Å². The second-order valence-corrected chi connectivity index (χ2v) is 9.65. The van der Waals surface area contributed by atoms with Crippen molar-refractivity contribution in [1.29, 1.82) is 0 Å². The monoisotopic (exact) mass is 486 g/mol. The number of hydrogen-bond donors (Lipinski definition) is 1. The number of carbonyl (C=O) groups excluding carboxylic acids is 1. The summed E-state index contributed by atoms with van der Waals surface area (Å²) in [7, 11) is -3.82. The van der Waals surface area contributed by atoms with Gasteiger partial charge in [0.05, 0.1) is 11.4 Å². The fraction of sp³-hybridized carbons (Fsp3) is 0.174. The minimum Gasteiger partial charge on any atom is -0.355 e. The quantitative estimate of drug-likeness (QED) is 0.496. The molecule has 0 saturated heterocycles. The molecule has 0 spiro atoms. The normalized spacial score (nSPS) is 11.4. The summed E-state index contributed by atoms with van der Waals surface area (Å²) < 4.78 is 28.5. The van der Waals surface area contributed by atoms with E-state index in [-0.39, 0.29) is 23.9 Å². The first-order chi connectivity index (χ1) is 14.4. The predicted octanol–water partition coefficient (Wildman–Crippen LogP) is 4.00. The van der Waals surface area contributed by atoms with Crippen LogP contribution < -0.4 is 5.32 Å². The largest absolute Gasteiger partial charge is 0.355 e. The zero-order chi connectivity index (χ0) is 21.4. The number of nitrogens with one attached hydrogen (secondary N) is 1. The van der Waals surface area contributed by atoms with Gasteiger partial charge in [-0.05, 0) is 41.8 Å². The van der Waals surface area contributed by atoms with Crippen LogP contribution in [0.15, 0.2) is 94.3 Å². The number of benzene rings is 3. The molecular formula is C23H23BrN2O3S. The van der Waals surface area contributed by atoms with E-state index < -0.39 is 10.0 Å². The molecule has 0 atom stereocenters. The Labute approximate surface area is 185 Å². The molecule has 0 fully saturated rings. The summed E-state index contributed by atoms with van der Waals surface area (Å²) in [5, 5.41) is 2.83. The maximum atomic E-state index is 13.2. The van der Waals surface area contributed by atoms with Gasteiger partial charge in [-0.15, -0.1) is 0 Å². The highest BCUT2D eigenvalue weighted by Crippen LogP contribution is 2.19. The van der Waals surface area contributed by atoms with E-state index in [4.69, 9.17) is 0 Å². The smallest absolute Gasteiger partial charge is 0.243 e. The number of rotatable bonds is 9. The Morgan fingerprint density at radius 3 is 2.07 bits per heavy atom. The van der Waals surface area contributed by atoms with Crippen molar-refractivity contribution in [3.63, 3.8) is 0 Å². The van der Waals surface area contributed by atoms with Crippen molar-refractivity contribution in [2.75, 3.05) is 13.1 Å². The maximum absolute atomic E-state index is 13.2. The van der Waals surface area contributed by atoms with Crippen molar-refractivity contribution in [3.05, 3.63) is 101 Å². The highest BCUT2D eigenvalue weighted by molar-refractivity contribution is 9.10. The average Bonchev–Trinajstić information content (AvgIpc) is 2.76. The van der Waals surface area contributed by atoms with Crippen molar-refractivity contribution < 1.29 is 13.2 Å². The summed E-state index contributed by atoms with van der Waals surface area (Å²) in [5.74, 6) is -0.331. The Kier molecular flexibility index (Phi) is 7.79. The molecule has 3 rings (SSSR count). The Morgan fingerprint density at radius 1 is 0.833 bits per heavy atom. The van der Waals surface area contributed by atoms with Crippen molar-refractivity contribution in [1.82, 2.24) is 9.62 Å². The fourth-order valence-corrected chi connectivity index (χ4v) is 4.64. The fourth-order valence-electron chi connectivity index (χ4n) is 2.97. The Morgan fingerprint density at radius 2 is 1.43 bits per heavy atom. The molecular weight excluding hydrogens is 464 g/mol. The summed E-state index contributed by atoms with van der Waals surface area (Å²) in [6, 6.07) is 25.4. The van der Waals surface area contributed by atoms with E-state index in [1.54, 1.807) is 18.2 Å². The molecule has 156 valence electrons. The predicted molar refractivity (Wildman–Crippen MR) is 121 cm³/mol. The van der Waals surface area contributed by atoms with Gasteiger partial charge in [-0.2, -0.15) is 4.31 Å². The Bertz CT molecular complexity index is 1060. The molecule has 3 aromatic rings. The molecule has 0 unspecified atom stereocenters. The van der Waals surface area contributed by atoms with Crippen molar-refractivity contribution >= 4 is 31.9 Å². The standard InChI is InChI=1S/C23H23BrN2O3S/c24-21-13-11-20(12-14-21)17-26(30(28,29)22-9-5-2-6-10-22)18-23(27)25-16-15-19-7-3-1-4-8-19/h1-14H,15-18H2,(H,25,27). The van der Waals surface area contributed by atoms with E-state index in [1.807, 2.05) is 54.6 Å². The molecule has 0 radical (unpaired) electrons. The maximum Gasteiger partial charge on any atom is 0.243 e. The summed E-state index contributed by atoms with van der Waals surface area (Å²) in [6.45, 7) is 0.305. The van der Waals surface area contributed by atoms with E-state index in [0.29, 0.717) is 13.0 Å². The van der Waals surface area contributed by atoms with Crippen LogP contribution in [-0.2, 0) is 27.8 Å². The second-order valence-electron chi connectivity index (χ2n) is 6.80. The Hall–Kier alpha value is -2.48. The van der Waals surface area contributed by atoms with Gasteiger partial charge in [-0.3, -0.25) is 4.79 Å². The number of halogens is 1. The number of amides is 1. The van der Waals surface area contributed by atoms with Crippen LogP contribution in [0.25, 0.3) is 0 Å². The first kappa shape index (κ1) is 22.2. The number of nitrogens with zero attached hydrogens (tertiary/aromatic N) is 1. The van der Waals surface area contributed by atoms with Crippen molar-refractivity contribution in [3.8, 4) is 0 Å². The van der Waals surface area contributed by atoms with Gasteiger partial charge in [-0.25, -0.2) is 8.42 Å². The molecule has 7 heteroatoms. The highest BCUT2D eigenvalue weighted by atomic mass is 79.9. The SMILES string of the molecule is O=C(CN(Cc1ccc(Br)cc1)S(=O)(=O)c1ccccc1)NCCc1ccccc1. The Balaban J connectivity index is 1.71. The van der Waals surface area contributed by atoms with Gasteiger partial charge in [0.15, 0.2) is 0 Å². The molecule has 1 N–H and O–H groups in total. The van der Waals surface area contributed by atoms with E-state index >= 15 is 0 Å². The van der Waals surface area contributed by atoms with Crippen LogP contribution in [-0.4, -0.2) is 31.7 Å². The van der Waals surface area contributed by atoms with Crippen LogP contribution in [0.3, 0.4) is 0 Å². The van der Waals surface area contributed by atoms with Gasteiger partial charge in [0.2, 0.25) is 15.9 Å². The summed E-state index contributed by atoms with van der Waals surface area (Å²) >= 11 is 3.38. The third-order valence-electron chi connectivity index (χ3n) is 4.55. The molecule has 0 bridgehead atoms. The molecule has 0 saturated carbocycles. The number of sulfonamides is 1. The lowest BCUT2D eigenvalue weighted by Crippen LogP contribution is -2.40. The first-order valence-electron chi connectivity index (χ1n) is 9.55. The van der Waals surface area contributed by atoms with Crippen LogP contribution in [0, 0.1) is 0 Å². The van der Waals surface area contributed by atoms with Gasteiger partial charge >= 0.3 is 0 Å². The molecule has 0 aromatic heterocycles. The second kappa shape index (κ2) is 10.5. The molecule has 0 aliphatic rings. The van der Waals surface area contributed by atoms with Crippen LogP contribution in [0.1, 0.15) is 11.1 Å². The van der Waals surface area contributed by atoms with Gasteiger partial charge in [0.25, 0.3) is 0 Å². The molecule has 5 nitrogen and oxygen atoms in total. The number of carbonyl (C=O) groups is 1. The minimum absolute atomic E-state index is 0.108. The molecule has 0 heterocycles. The lowest BCUT2D eigenvalue weighted by Gasteiger charge is -2.22. The summed E-state index contributed by atoms with van der Waals surface area (Å²) in [6.07, 6.45) is 0.685. The van der Waals surface area contributed by atoms with Gasteiger partial charge in [0, 0.05) is 17.6 Å². The minimum atomic E-state index is -3.82. The topological polar surface area (TPSA) is 66.5 Å². The van der Waals surface area contributed by atoms with Crippen LogP contribution in [0.4, 0.5) is 0 Å². The molecule has 0 aliphatic heterocycles. The molecule has 30 heavy (non-hydrogen) atoms. The zero-order valence-electron chi connectivity index (χ0n) is 16.4. The highest BCUT2D eigenvalue weighted by Gasteiger charge is 2.26. The van der Waals surface area contributed by atoms with Crippen LogP contribution >= 0.6 is 15.9 Å². The molecule has 0 aliphatic carbocycles. The van der Waals surface area contributed by atoms with Gasteiger partial charge in [0.1, 0.15) is 0 Å².